The van der Waals surface area contributed by atoms with Gasteiger partial charge in [0, 0.05) is 32.2 Å². The predicted molar refractivity (Wildman–Crippen MR) is 122 cm³/mol. The van der Waals surface area contributed by atoms with Crippen LogP contribution in [0.25, 0.3) is 0 Å². The van der Waals surface area contributed by atoms with Crippen LogP contribution in [0.4, 0.5) is 11.6 Å². The van der Waals surface area contributed by atoms with Crippen molar-refractivity contribution >= 4 is 34.8 Å². The molecular weight excluding hydrogens is 419 g/mol. The van der Waals surface area contributed by atoms with Crippen LogP contribution in [0.5, 0.6) is 5.75 Å². The summed E-state index contributed by atoms with van der Waals surface area (Å²) < 4.78 is 6.01. The minimum Gasteiger partial charge on any atom is -0.494 e. The summed E-state index contributed by atoms with van der Waals surface area (Å²) in [5.41, 5.74) is 1.13. The molecule has 160 valence electrons. The van der Waals surface area contributed by atoms with Gasteiger partial charge in [-0.05, 0) is 62.0 Å². The van der Waals surface area contributed by atoms with E-state index in [9.17, 15) is 0 Å². The first-order chi connectivity index (χ1) is 14.7. The zero-order valence-electron chi connectivity index (χ0n) is 17.1. The largest absolute Gasteiger partial charge is 0.494 e. The summed E-state index contributed by atoms with van der Waals surface area (Å²) in [6, 6.07) is 6.11. The summed E-state index contributed by atoms with van der Waals surface area (Å²) in [4.78, 5) is 13.3. The summed E-state index contributed by atoms with van der Waals surface area (Å²) >= 11 is 12.3. The summed E-state index contributed by atoms with van der Waals surface area (Å²) in [5.74, 6) is 4.18. The van der Waals surface area contributed by atoms with Crippen LogP contribution in [0.2, 0.25) is 10.0 Å². The molecule has 0 unspecified atom stereocenters. The van der Waals surface area contributed by atoms with E-state index in [2.05, 4.69) is 31.9 Å². The summed E-state index contributed by atoms with van der Waals surface area (Å²) in [6.45, 7) is 5.06. The molecule has 2 atom stereocenters. The second-order valence-corrected chi connectivity index (χ2v) is 9.62. The summed E-state index contributed by atoms with van der Waals surface area (Å²) in [6.07, 6.45) is 9.54. The Kier molecular flexibility index (Phi) is 5.92. The molecule has 0 spiro atoms. The first-order valence-corrected chi connectivity index (χ1v) is 11.8. The van der Waals surface area contributed by atoms with E-state index in [-0.39, 0.29) is 0 Å². The molecule has 1 aromatic carbocycles. The molecule has 7 heteroatoms. The lowest BCUT2D eigenvalue weighted by atomic mass is 9.90. The molecule has 3 heterocycles. The van der Waals surface area contributed by atoms with Crippen molar-refractivity contribution in [1.29, 1.82) is 0 Å². The monoisotopic (exact) mass is 446 g/mol. The molecule has 0 amide bonds. The minimum atomic E-state index is 0.589. The van der Waals surface area contributed by atoms with Crippen molar-refractivity contribution in [3.05, 3.63) is 40.6 Å². The van der Waals surface area contributed by atoms with Gasteiger partial charge in [0.2, 0.25) is 5.95 Å². The summed E-state index contributed by atoms with van der Waals surface area (Å²) in [5, 5.41) is 1.39. The van der Waals surface area contributed by atoms with Crippen molar-refractivity contribution in [2.75, 3.05) is 42.6 Å². The van der Waals surface area contributed by atoms with Crippen LogP contribution < -0.4 is 14.5 Å². The highest BCUT2D eigenvalue weighted by atomic mass is 35.5. The second-order valence-electron chi connectivity index (χ2n) is 8.78. The fourth-order valence-electron chi connectivity index (χ4n) is 4.90. The third-order valence-electron chi connectivity index (χ3n) is 6.89. The van der Waals surface area contributed by atoms with Crippen LogP contribution in [0.15, 0.2) is 30.6 Å². The average Bonchev–Trinajstić information content (AvgIpc) is 3.49. The Morgan fingerprint density at radius 1 is 1.00 bits per heavy atom. The second kappa shape index (κ2) is 8.80. The van der Waals surface area contributed by atoms with E-state index in [1.807, 2.05) is 6.07 Å². The van der Waals surface area contributed by atoms with Crippen molar-refractivity contribution in [3.8, 4) is 5.75 Å². The maximum Gasteiger partial charge on any atom is 0.225 e. The van der Waals surface area contributed by atoms with Gasteiger partial charge >= 0.3 is 0 Å². The molecule has 5 rings (SSSR count). The van der Waals surface area contributed by atoms with E-state index in [1.165, 1.54) is 25.7 Å². The fraction of sp³-hybridized carbons (Fsp3) is 0.565. The van der Waals surface area contributed by atoms with E-state index >= 15 is 0 Å². The lowest BCUT2D eigenvalue weighted by molar-refractivity contribution is 0.284. The molecule has 0 N–H and O–H groups in total. The smallest absolute Gasteiger partial charge is 0.225 e. The van der Waals surface area contributed by atoms with E-state index in [1.54, 1.807) is 12.4 Å². The number of hydrogen-bond acceptors (Lipinski definition) is 5. The van der Waals surface area contributed by atoms with Gasteiger partial charge in [-0.3, -0.25) is 0 Å². The van der Waals surface area contributed by atoms with Gasteiger partial charge in [0.1, 0.15) is 5.75 Å². The molecule has 3 aliphatic rings. The number of piperidine rings is 1. The highest BCUT2D eigenvalue weighted by Crippen LogP contribution is 2.50. The van der Waals surface area contributed by atoms with Crippen molar-refractivity contribution < 1.29 is 4.74 Å². The van der Waals surface area contributed by atoms with Crippen molar-refractivity contribution in [2.45, 2.75) is 32.1 Å². The number of rotatable bonds is 7. The standard InChI is InChI=1S/C23H28Cl2N4O/c24-18-14-26-23(27-15-18)29-9-4-16(5-10-29)20-12-17(20)6-11-30-19-2-3-22(21(25)13-19)28-7-1-8-28/h2-3,13-17,20H,1,4-12H2/t17-,20-/m1/s1. The Morgan fingerprint density at radius 2 is 1.77 bits per heavy atom. The number of halogens is 2. The van der Waals surface area contributed by atoms with Crippen LogP contribution in [-0.4, -0.2) is 42.8 Å². The summed E-state index contributed by atoms with van der Waals surface area (Å²) in [7, 11) is 0. The highest BCUT2D eigenvalue weighted by Gasteiger charge is 2.43. The quantitative estimate of drug-likeness (QED) is 0.575. The van der Waals surface area contributed by atoms with Gasteiger partial charge in [-0.2, -0.15) is 0 Å². The Hall–Kier alpha value is -1.72. The Balaban J connectivity index is 1.04. The molecule has 5 nitrogen and oxygen atoms in total. The molecule has 0 bridgehead atoms. The Labute approximate surface area is 188 Å². The fourth-order valence-corrected chi connectivity index (χ4v) is 5.28. The number of benzene rings is 1. The van der Waals surface area contributed by atoms with Gasteiger partial charge in [0.25, 0.3) is 0 Å². The van der Waals surface area contributed by atoms with Gasteiger partial charge in [-0.1, -0.05) is 23.2 Å². The molecule has 3 fully saturated rings. The van der Waals surface area contributed by atoms with Crippen LogP contribution in [-0.2, 0) is 0 Å². The minimum absolute atomic E-state index is 0.589. The number of anilines is 2. The van der Waals surface area contributed by atoms with Crippen LogP contribution in [0, 0.1) is 17.8 Å². The van der Waals surface area contributed by atoms with Crippen molar-refractivity contribution in [3.63, 3.8) is 0 Å². The van der Waals surface area contributed by atoms with Crippen LogP contribution >= 0.6 is 23.2 Å². The molecule has 1 aromatic heterocycles. The van der Waals surface area contributed by atoms with Crippen LogP contribution in [0.1, 0.15) is 32.1 Å². The maximum absolute atomic E-state index is 6.44. The predicted octanol–water partition coefficient (Wildman–Crippen LogP) is 5.32. The van der Waals surface area contributed by atoms with E-state index in [0.717, 1.165) is 79.4 Å². The zero-order valence-corrected chi connectivity index (χ0v) is 18.7. The number of ether oxygens (including phenoxy) is 1. The maximum atomic E-state index is 6.44. The first kappa shape index (κ1) is 20.2. The topological polar surface area (TPSA) is 41.5 Å². The Bertz CT molecular complexity index is 866. The third-order valence-corrected chi connectivity index (χ3v) is 7.38. The van der Waals surface area contributed by atoms with E-state index < -0.39 is 0 Å². The molecule has 0 radical (unpaired) electrons. The van der Waals surface area contributed by atoms with Gasteiger partial charge in [-0.25, -0.2) is 9.97 Å². The first-order valence-electron chi connectivity index (χ1n) is 11.1. The number of hydrogen-bond donors (Lipinski definition) is 0. The molecule has 2 aromatic rings. The van der Waals surface area contributed by atoms with Crippen LogP contribution in [0.3, 0.4) is 0 Å². The molecule has 2 aliphatic heterocycles. The highest BCUT2D eigenvalue weighted by molar-refractivity contribution is 6.33. The molecular formula is C23H28Cl2N4O. The van der Waals surface area contributed by atoms with Gasteiger partial charge in [0.05, 0.1) is 34.7 Å². The zero-order chi connectivity index (χ0) is 20.5. The SMILES string of the molecule is Clc1cnc(N2CCC([C@H]3C[C@H]3CCOc3ccc(N4CCC4)c(Cl)c3)CC2)nc1. The lowest BCUT2D eigenvalue weighted by Crippen LogP contribution is -2.37. The molecule has 30 heavy (non-hydrogen) atoms. The normalized spacial score (nSPS) is 23.9. The van der Waals surface area contributed by atoms with Crippen molar-refractivity contribution in [1.82, 2.24) is 9.97 Å². The van der Waals surface area contributed by atoms with E-state index in [4.69, 9.17) is 27.9 Å². The lowest BCUT2D eigenvalue weighted by Gasteiger charge is -2.33. The Morgan fingerprint density at radius 3 is 2.43 bits per heavy atom. The third kappa shape index (κ3) is 4.47. The van der Waals surface area contributed by atoms with Gasteiger partial charge in [-0.15, -0.1) is 0 Å². The van der Waals surface area contributed by atoms with E-state index in [0.29, 0.717) is 5.02 Å². The number of nitrogens with zero attached hydrogens (tertiary/aromatic N) is 4. The molecule has 2 saturated heterocycles. The molecule has 1 saturated carbocycles. The average molecular weight is 447 g/mol. The van der Waals surface area contributed by atoms with Gasteiger partial charge in [0.15, 0.2) is 0 Å². The van der Waals surface area contributed by atoms with Crippen molar-refractivity contribution in [2.24, 2.45) is 17.8 Å². The molecule has 1 aliphatic carbocycles. The van der Waals surface area contributed by atoms with Gasteiger partial charge < -0.3 is 14.5 Å². The number of aromatic nitrogens is 2.